The predicted molar refractivity (Wildman–Crippen MR) is 105 cm³/mol. The number of halogens is 1. The maximum atomic E-state index is 9.17. The fraction of sp³-hybridized carbons (Fsp3) is 0.211. The molecule has 25 heavy (non-hydrogen) atoms. The maximum Gasteiger partial charge on any atom is 0.197 e. The molecule has 0 saturated carbocycles. The Bertz CT molecular complexity index is 921. The van der Waals surface area contributed by atoms with Crippen molar-refractivity contribution < 1.29 is 0 Å². The minimum atomic E-state index is -0.202. The third-order valence-electron chi connectivity index (χ3n) is 3.66. The number of aryl methyl sites for hydroxylation is 2. The van der Waals surface area contributed by atoms with Crippen LogP contribution in [0.4, 0.5) is 0 Å². The number of hydrogen-bond donors (Lipinski definition) is 0. The minimum absolute atomic E-state index is 0.202. The lowest BCUT2D eigenvalue weighted by Crippen LogP contribution is -2.02. The quantitative estimate of drug-likeness (QED) is 0.544. The van der Waals surface area contributed by atoms with E-state index in [1.54, 1.807) is 0 Å². The molecule has 1 aromatic heterocycles. The van der Waals surface area contributed by atoms with E-state index in [2.05, 4.69) is 64.2 Å². The van der Waals surface area contributed by atoms with E-state index >= 15 is 0 Å². The van der Waals surface area contributed by atoms with Gasteiger partial charge in [0.05, 0.1) is 17.0 Å². The topological polar surface area (TPSA) is 54.5 Å². The van der Waals surface area contributed by atoms with Crippen LogP contribution in [0, 0.1) is 25.2 Å². The van der Waals surface area contributed by atoms with Gasteiger partial charge in [0.2, 0.25) is 0 Å². The molecule has 0 radical (unpaired) electrons. The molecule has 2 aromatic carbocycles. The van der Waals surface area contributed by atoms with E-state index in [9.17, 15) is 0 Å². The molecule has 0 fully saturated rings. The first-order valence-electron chi connectivity index (χ1n) is 7.84. The standard InChI is InChI=1S/C19H17BrN4S/c1-12-8-13(2)10-17(9-12)24-18(15-4-6-16(20)7-5-15)22-23-19(24)25-14(3)11-21/h4-10,14H,1-3H3. The lowest BCUT2D eigenvalue weighted by Gasteiger charge is -2.12. The Kier molecular flexibility index (Phi) is 5.26. The van der Waals surface area contributed by atoms with E-state index in [4.69, 9.17) is 5.26 Å². The summed E-state index contributed by atoms with van der Waals surface area (Å²) in [5, 5.41) is 18.4. The van der Waals surface area contributed by atoms with E-state index in [0.29, 0.717) is 0 Å². The van der Waals surface area contributed by atoms with Crippen LogP contribution in [-0.4, -0.2) is 20.0 Å². The zero-order chi connectivity index (χ0) is 18.0. The smallest absolute Gasteiger partial charge is 0.197 e. The van der Waals surface area contributed by atoms with Gasteiger partial charge in [0, 0.05) is 10.0 Å². The van der Waals surface area contributed by atoms with Crippen molar-refractivity contribution in [1.29, 1.82) is 5.26 Å². The predicted octanol–water partition coefficient (Wildman–Crippen LogP) is 5.32. The fourth-order valence-corrected chi connectivity index (χ4v) is 3.65. The van der Waals surface area contributed by atoms with Crippen molar-refractivity contribution in [2.24, 2.45) is 0 Å². The molecule has 1 heterocycles. The van der Waals surface area contributed by atoms with Gasteiger partial charge in [-0.15, -0.1) is 10.2 Å². The first kappa shape index (κ1) is 17.7. The Morgan fingerprint density at radius 3 is 2.32 bits per heavy atom. The lowest BCUT2D eigenvalue weighted by molar-refractivity contribution is 0.881. The van der Waals surface area contributed by atoms with Crippen molar-refractivity contribution >= 4 is 27.7 Å². The SMILES string of the molecule is Cc1cc(C)cc(-n2c(SC(C)C#N)nnc2-c2ccc(Br)cc2)c1. The van der Waals surface area contributed by atoms with Gasteiger partial charge < -0.3 is 0 Å². The van der Waals surface area contributed by atoms with E-state index < -0.39 is 0 Å². The van der Waals surface area contributed by atoms with Crippen molar-refractivity contribution in [3.8, 4) is 23.1 Å². The molecule has 0 aliphatic heterocycles. The van der Waals surface area contributed by atoms with Gasteiger partial charge >= 0.3 is 0 Å². The van der Waals surface area contributed by atoms with Gasteiger partial charge in [-0.25, -0.2) is 0 Å². The molecule has 0 N–H and O–H groups in total. The summed E-state index contributed by atoms with van der Waals surface area (Å²) in [5.74, 6) is 0.769. The van der Waals surface area contributed by atoms with Crippen LogP contribution in [0.1, 0.15) is 18.1 Å². The number of nitriles is 1. The summed E-state index contributed by atoms with van der Waals surface area (Å²) in [6.07, 6.45) is 0. The molecule has 3 aromatic rings. The molecular formula is C19H17BrN4S. The van der Waals surface area contributed by atoms with Gasteiger partial charge in [0.1, 0.15) is 0 Å². The van der Waals surface area contributed by atoms with Gasteiger partial charge in [-0.3, -0.25) is 4.57 Å². The summed E-state index contributed by atoms with van der Waals surface area (Å²) >= 11 is 4.88. The lowest BCUT2D eigenvalue weighted by atomic mass is 10.1. The normalized spacial score (nSPS) is 12.0. The second kappa shape index (κ2) is 7.42. The summed E-state index contributed by atoms with van der Waals surface area (Å²) < 4.78 is 3.04. The van der Waals surface area contributed by atoms with E-state index in [1.165, 1.54) is 22.9 Å². The van der Waals surface area contributed by atoms with Crippen molar-refractivity contribution in [3.63, 3.8) is 0 Å². The zero-order valence-electron chi connectivity index (χ0n) is 14.2. The number of benzene rings is 2. The first-order valence-corrected chi connectivity index (χ1v) is 9.51. The highest BCUT2D eigenvalue weighted by atomic mass is 79.9. The van der Waals surface area contributed by atoms with Crippen LogP contribution in [0.3, 0.4) is 0 Å². The second-order valence-corrected chi connectivity index (χ2v) is 8.11. The second-order valence-electron chi connectivity index (χ2n) is 5.88. The molecule has 0 spiro atoms. The number of nitrogens with zero attached hydrogens (tertiary/aromatic N) is 4. The molecular weight excluding hydrogens is 396 g/mol. The van der Waals surface area contributed by atoms with Crippen molar-refractivity contribution in [1.82, 2.24) is 14.8 Å². The molecule has 0 aliphatic rings. The van der Waals surface area contributed by atoms with Crippen LogP contribution >= 0.6 is 27.7 Å². The molecule has 1 unspecified atom stereocenters. The molecule has 0 saturated heterocycles. The Hall–Kier alpha value is -2.10. The fourth-order valence-electron chi connectivity index (χ4n) is 2.63. The van der Waals surface area contributed by atoms with Gasteiger partial charge in [0.25, 0.3) is 0 Å². The van der Waals surface area contributed by atoms with Crippen LogP contribution in [0.15, 0.2) is 52.1 Å². The summed E-state index contributed by atoms with van der Waals surface area (Å²) in [4.78, 5) is 0. The van der Waals surface area contributed by atoms with Crippen LogP contribution in [0.5, 0.6) is 0 Å². The van der Waals surface area contributed by atoms with Crippen LogP contribution in [0.25, 0.3) is 17.1 Å². The van der Waals surface area contributed by atoms with E-state index in [0.717, 1.165) is 26.7 Å². The van der Waals surface area contributed by atoms with Crippen LogP contribution in [0.2, 0.25) is 0 Å². The van der Waals surface area contributed by atoms with Gasteiger partial charge in [-0.05, 0) is 56.2 Å². The Balaban J connectivity index is 2.19. The van der Waals surface area contributed by atoms with Gasteiger partial charge in [0.15, 0.2) is 11.0 Å². The Morgan fingerprint density at radius 1 is 1.08 bits per heavy atom. The largest absolute Gasteiger partial charge is 0.270 e. The minimum Gasteiger partial charge on any atom is -0.270 e. The van der Waals surface area contributed by atoms with Crippen LogP contribution < -0.4 is 0 Å². The zero-order valence-corrected chi connectivity index (χ0v) is 16.6. The Morgan fingerprint density at radius 2 is 1.72 bits per heavy atom. The van der Waals surface area contributed by atoms with Gasteiger partial charge in [-0.1, -0.05) is 45.9 Å². The highest BCUT2D eigenvalue weighted by Gasteiger charge is 2.18. The average molecular weight is 413 g/mol. The summed E-state index contributed by atoms with van der Waals surface area (Å²) in [5.41, 5.74) is 4.34. The third-order valence-corrected chi connectivity index (χ3v) is 5.13. The molecule has 0 bridgehead atoms. The van der Waals surface area contributed by atoms with Crippen molar-refractivity contribution in [3.05, 3.63) is 58.1 Å². The highest BCUT2D eigenvalue weighted by Crippen LogP contribution is 2.31. The summed E-state index contributed by atoms with van der Waals surface area (Å²) in [7, 11) is 0. The summed E-state index contributed by atoms with van der Waals surface area (Å²) in [6, 6.07) is 16.6. The first-order chi connectivity index (χ1) is 12.0. The molecule has 1 atom stereocenters. The Labute approximate surface area is 160 Å². The monoisotopic (exact) mass is 412 g/mol. The number of rotatable bonds is 4. The summed E-state index contributed by atoms with van der Waals surface area (Å²) in [6.45, 7) is 6.01. The van der Waals surface area contributed by atoms with Gasteiger partial charge in [-0.2, -0.15) is 5.26 Å². The van der Waals surface area contributed by atoms with Crippen LogP contribution in [-0.2, 0) is 0 Å². The molecule has 3 rings (SSSR count). The highest BCUT2D eigenvalue weighted by molar-refractivity contribution is 9.10. The van der Waals surface area contributed by atoms with E-state index in [1.807, 2.05) is 35.8 Å². The average Bonchev–Trinajstić information content (AvgIpc) is 2.98. The van der Waals surface area contributed by atoms with E-state index in [-0.39, 0.29) is 5.25 Å². The third kappa shape index (κ3) is 3.94. The van der Waals surface area contributed by atoms with Crippen molar-refractivity contribution in [2.45, 2.75) is 31.2 Å². The molecule has 4 nitrogen and oxygen atoms in total. The number of hydrogen-bond acceptors (Lipinski definition) is 4. The maximum absolute atomic E-state index is 9.17. The molecule has 126 valence electrons. The molecule has 6 heteroatoms. The van der Waals surface area contributed by atoms with Crippen molar-refractivity contribution in [2.75, 3.05) is 0 Å². The molecule has 0 amide bonds. The molecule has 0 aliphatic carbocycles. The number of aromatic nitrogens is 3. The number of thioether (sulfide) groups is 1.